The molecule has 1 amide bonds. The lowest BCUT2D eigenvalue weighted by Crippen LogP contribution is -2.64. The van der Waals surface area contributed by atoms with Gasteiger partial charge in [-0.1, -0.05) is 62.4 Å². The Hall–Kier alpha value is -2.37. The number of carbonyl (C=O) groups excluding carboxylic acids is 1. The molecule has 0 aliphatic carbocycles. The molecule has 1 fully saturated rings. The number of anilines is 1. The van der Waals surface area contributed by atoms with Gasteiger partial charge in [-0.2, -0.15) is 5.06 Å². The summed E-state index contributed by atoms with van der Waals surface area (Å²) in [5.41, 5.74) is 1.40. The zero-order valence-corrected chi connectivity index (χ0v) is 19.4. The number of amides is 1. The summed E-state index contributed by atoms with van der Waals surface area (Å²) < 4.78 is 5.90. The van der Waals surface area contributed by atoms with Crippen molar-refractivity contribution in [2.75, 3.05) is 5.32 Å². The second kappa shape index (κ2) is 9.84. The van der Waals surface area contributed by atoms with Gasteiger partial charge in [0.25, 0.3) is 0 Å². The van der Waals surface area contributed by atoms with Crippen molar-refractivity contribution in [2.24, 2.45) is 0 Å². The Morgan fingerprint density at radius 1 is 1.03 bits per heavy atom. The van der Waals surface area contributed by atoms with E-state index in [9.17, 15) is 4.79 Å². The first-order valence-electron chi connectivity index (χ1n) is 11.3. The zero-order chi connectivity index (χ0) is 22.5. The fraction of sp³-hybridized carbons (Fsp3) is 0.500. The highest BCUT2D eigenvalue weighted by atomic mass is 16.7. The summed E-state index contributed by atoms with van der Waals surface area (Å²) in [5, 5.41) is 5.04. The van der Waals surface area contributed by atoms with E-state index in [1.807, 2.05) is 48.5 Å². The lowest BCUT2D eigenvalue weighted by atomic mass is 9.75. The van der Waals surface area contributed by atoms with Crippen molar-refractivity contribution in [2.45, 2.75) is 83.6 Å². The van der Waals surface area contributed by atoms with Crippen LogP contribution in [-0.4, -0.2) is 28.3 Å². The molecule has 31 heavy (non-hydrogen) atoms. The number of benzene rings is 2. The van der Waals surface area contributed by atoms with Gasteiger partial charge in [0.05, 0.1) is 0 Å². The molecule has 3 rings (SSSR count). The van der Waals surface area contributed by atoms with Gasteiger partial charge in [-0.15, -0.1) is 0 Å². The first-order valence-corrected chi connectivity index (χ1v) is 11.3. The van der Waals surface area contributed by atoms with Crippen LogP contribution in [0.4, 0.5) is 10.5 Å². The number of piperidine rings is 1. The molecule has 1 aliphatic rings. The van der Waals surface area contributed by atoms with E-state index in [1.165, 1.54) is 0 Å². The first-order chi connectivity index (χ1) is 14.8. The molecule has 1 aliphatic heterocycles. The van der Waals surface area contributed by atoms with E-state index in [-0.39, 0.29) is 23.3 Å². The van der Waals surface area contributed by atoms with E-state index >= 15 is 0 Å². The Labute approximate surface area is 186 Å². The van der Waals surface area contributed by atoms with Crippen LogP contribution in [0.5, 0.6) is 0 Å². The van der Waals surface area contributed by atoms with Crippen molar-refractivity contribution >= 4 is 11.8 Å². The summed E-state index contributed by atoms with van der Waals surface area (Å²) in [5.74, 6) is 0. The van der Waals surface area contributed by atoms with Crippen LogP contribution in [0.15, 0.2) is 60.7 Å². The SMILES string of the molecule is CCC1(CC)CC(OC(=O)Nc2ccccc2)CC(C)(C)N1OC(C)c1ccccc1. The standard InChI is InChI=1S/C26H36N2O3/c1-6-26(7-2)19-23(30-24(29)27-22-16-12-9-13-17-22)18-25(4,5)28(26)31-20(3)21-14-10-8-11-15-21/h8-17,20,23H,6-7,18-19H2,1-5H3,(H,27,29). The van der Waals surface area contributed by atoms with Crippen LogP contribution in [0, 0.1) is 0 Å². The predicted octanol–water partition coefficient (Wildman–Crippen LogP) is 6.73. The fourth-order valence-corrected chi connectivity index (χ4v) is 4.79. The number of carbonyl (C=O) groups is 1. The van der Waals surface area contributed by atoms with Crippen LogP contribution < -0.4 is 5.32 Å². The molecule has 5 heteroatoms. The smallest absolute Gasteiger partial charge is 0.411 e. The highest BCUT2D eigenvalue weighted by molar-refractivity contribution is 5.84. The molecule has 2 atom stereocenters. The van der Waals surface area contributed by atoms with E-state index in [4.69, 9.17) is 9.57 Å². The number of hydrogen-bond donors (Lipinski definition) is 1. The molecule has 0 radical (unpaired) electrons. The number of rotatable bonds is 7. The largest absolute Gasteiger partial charge is 0.446 e. The second-order valence-corrected chi connectivity index (χ2v) is 9.12. The van der Waals surface area contributed by atoms with E-state index in [0.717, 1.165) is 30.5 Å². The van der Waals surface area contributed by atoms with Gasteiger partial charge in [-0.25, -0.2) is 4.79 Å². The topological polar surface area (TPSA) is 50.8 Å². The third-order valence-electron chi connectivity index (χ3n) is 6.46. The highest BCUT2D eigenvalue weighted by Crippen LogP contribution is 2.45. The van der Waals surface area contributed by atoms with Crippen molar-refractivity contribution in [3.05, 3.63) is 66.2 Å². The summed E-state index contributed by atoms with van der Waals surface area (Å²) in [6.07, 6.45) is 2.64. The van der Waals surface area contributed by atoms with Gasteiger partial charge in [-0.05, 0) is 51.3 Å². The van der Waals surface area contributed by atoms with Crippen molar-refractivity contribution in [1.29, 1.82) is 0 Å². The number of nitrogens with one attached hydrogen (secondary N) is 1. The maximum Gasteiger partial charge on any atom is 0.411 e. The van der Waals surface area contributed by atoms with Crippen molar-refractivity contribution in [3.8, 4) is 0 Å². The molecule has 1 N–H and O–H groups in total. The van der Waals surface area contributed by atoms with E-state index in [1.54, 1.807) is 0 Å². The number of para-hydroxylation sites is 1. The molecule has 1 saturated heterocycles. The Bertz CT molecular complexity index is 834. The minimum absolute atomic E-state index is 0.0585. The molecule has 168 valence electrons. The molecular weight excluding hydrogens is 388 g/mol. The van der Waals surface area contributed by atoms with Gasteiger partial charge < -0.3 is 4.74 Å². The van der Waals surface area contributed by atoms with Crippen molar-refractivity contribution in [3.63, 3.8) is 0 Å². The number of nitrogens with zero attached hydrogens (tertiary/aromatic N) is 1. The molecule has 0 bridgehead atoms. The maximum atomic E-state index is 12.5. The molecule has 0 aromatic heterocycles. The second-order valence-electron chi connectivity index (χ2n) is 9.12. The lowest BCUT2D eigenvalue weighted by molar-refractivity contribution is -0.322. The summed E-state index contributed by atoms with van der Waals surface area (Å²) in [4.78, 5) is 19.2. The third kappa shape index (κ3) is 5.46. The molecular formula is C26H36N2O3. The summed E-state index contributed by atoms with van der Waals surface area (Å²) in [6, 6.07) is 19.7. The van der Waals surface area contributed by atoms with Crippen LogP contribution in [-0.2, 0) is 9.57 Å². The van der Waals surface area contributed by atoms with Gasteiger partial charge in [-0.3, -0.25) is 10.2 Å². The molecule has 1 heterocycles. The summed E-state index contributed by atoms with van der Waals surface area (Å²) in [7, 11) is 0. The number of hydrogen-bond acceptors (Lipinski definition) is 4. The Morgan fingerprint density at radius 2 is 1.61 bits per heavy atom. The Morgan fingerprint density at radius 3 is 2.19 bits per heavy atom. The van der Waals surface area contributed by atoms with Gasteiger partial charge in [0.2, 0.25) is 0 Å². The lowest BCUT2D eigenvalue weighted by Gasteiger charge is -2.56. The monoisotopic (exact) mass is 424 g/mol. The average Bonchev–Trinajstić information content (AvgIpc) is 2.76. The average molecular weight is 425 g/mol. The predicted molar refractivity (Wildman–Crippen MR) is 125 cm³/mol. The van der Waals surface area contributed by atoms with Crippen LogP contribution in [0.1, 0.15) is 72.0 Å². The quantitative estimate of drug-likeness (QED) is 0.535. The molecule has 2 aromatic carbocycles. The normalized spacial score (nSPS) is 21.3. The Balaban J connectivity index is 1.75. The molecule has 2 aromatic rings. The van der Waals surface area contributed by atoms with E-state index in [2.05, 4.69) is 57.1 Å². The molecule has 5 nitrogen and oxygen atoms in total. The fourth-order valence-electron chi connectivity index (χ4n) is 4.79. The molecule has 2 unspecified atom stereocenters. The first kappa shape index (κ1) is 23.3. The number of hydroxylamine groups is 2. The Kier molecular flexibility index (Phi) is 7.39. The van der Waals surface area contributed by atoms with Crippen molar-refractivity contribution in [1.82, 2.24) is 5.06 Å². The summed E-state index contributed by atoms with van der Waals surface area (Å²) in [6.45, 7) is 10.8. The molecule has 0 saturated carbocycles. The van der Waals surface area contributed by atoms with Gasteiger partial charge in [0, 0.05) is 29.6 Å². The zero-order valence-electron chi connectivity index (χ0n) is 19.4. The third-order valence-corrected chi connectivity index (χ3v) is 6.46. The van der Waals surface area contributed by atoms with E-state index in [0.29, 0.717) is 6.42 Å². The van der Waals surface area contributed by atoms with Crippen LogP contribution in [0.3, 0.4) is 0 Å². The number of ether oxygens (including phenoxy) is 1. The highest BCUT2D eigenvalue weighted by Gasteiger charge is 2.51. The van der Waals surface area contributed by atoms with Crippen LogP contribution >= 0.6 is 0 Å². The van der Waals surface area contributed by atoms with E-state index < -0.39 is 6.09 Å². The minimum Gasteiger partial charge on any atom is -0.446 e. The maximum absolute atomic E-state index is 12.5. The minimum atomic E-state index is -0.403. The van der Waals surface area contributed by atoms with Gasteiger partial charge >= 0.3 is 6.09 Å². The van der Waals surface area contributed by atoms with Crippen molar-refractivity contribution < 1.29 is 14.4 Å². The van der Waals surface area contributed by atoms with Crippen LogP contribution in [0.2, 0.25) is 0 Å². The summed E-state index contributed by atoms with van der Waals surface area (Å²) >= 11 is 0. The molecule has 0 spiro atoms. The van der Waals surface area contributed by atoms with Gasteiger partial charge in [0.15, 0.2) is 0 Å². The van der Waals surface area contributed by atoms with Crippen LogP contribution in [0.25, 0.3) is 0 Å². The van der Waals surface area contributed by atoms with Gasteiger partial charge in [0.1, 0.15) is 12.2 Å².